The van der Waals surface area contributed by atoms with E-state index in [2.05, 4.69) is 57.2 Å². The summed E-state index contributed by atoms with van der Waals surface area (Å²) in [5.74, 6) is -0.860. The maximum absolute atomic E-state index is 12.9. The van der Waals surface area contributed by atoms with Crippen LogP contribution in [0.3, 0.4) is 0 Å². The SMILES string of the molecule is CCCCCCC/C=C\C/C=C\CCCCCCCCCCCC(=O)OCC(COC(=O)CCCCCCCCCCCCCCC)OC(=O)CCCCCCCCC/C=C\CCCCCCCC. The van der Waals surface area contributed by atoms with E-state index in [0.717, 1.165) is 64.2 Å². The first-order valence-corrected chi connectivity index (χ1v) is 30.5. The van der Waals surface area contributed by atoms with E-state index in [9.17, 15) is 14.4 Å². The molecule has 0 bridgehead atoms. The molecule has 0 saturated carbocycles. The third-order valence-corrected chi connectivity index (χ3v) is 13.6. The molecular weight excluding hydrogens is 853 g/mol. The molecule has 0 spiro atoms. The average molecular weight is 970 g/mol. The van der Waals surface area contributed by atoms with Crippen molar-refractivity contribution in [3.8, 4) is 0 Å². The second-order valence-electron chi connectivity index (χ2n) is 20.6. The standard InChI is InChI=1S/C63H116O6/c1-4-7-10-13-16-19-22-25-27-29-30-31-32-34-35-38-41-44-47-50-53-56-62(65)68-59-60(58-67-61(64)55-52-49-46-43-40-37-24-21-18-15-12-9-6-3)69-63(66)57-54-51-48-45-42-39-36-33-28-26-23-20-17-14-11-8-5-2/h22,25-26,28-30,60H,4-21,23-24,27,31-59H2,1-3H3/b25-22-,28-26-,30-29-. The maximum Gasteiger partial charge on any atom is 0.306 e. The van der Waals surface area contributed by atoms with Crippen LogP contribution >= 0.6 is 0 Å². The first-order valence-electron chi connectivity index (χ1n) is 30.5. The lowest BCUT2D eigenvalue weighted by atomic mass is 10.0. The lowest BCUT2D eigenvalue weighted by molar-refractivity contribution is -0.167. The number of carbonyl (C=O) groups excluding carboxylic acids is 3. The molecule has 0 aromatic heterocycles. The fourth-order valence-corrected chi connectivity index (χ4v) is 9.00. The molecule has 0 rings (SSSR count). The summed E-state index contributed by atoms with van der Waals surface area (Å²) >= 11 is 0. The highest BCUT2D eigenvalue weighted by molar-refractivity contribution is 5.71. The van der Waals surface area contributed by atoms with E-state index in [1.165, 1.54) is 225 Å². The highest BCUT2D eigenvalue weighted by Gasteiger charge is 2.19. The molecule has 0 radical (unpaired) electrons. The zero-order chi connectivity index (χ0) is 50.0. The number of hydrogen-bond acceptors (Lipinski definition) is 6. The largest absolute Gasteiger partial charge is 0.462 e. The van der Waals surface area contributed by atoms with E-state index >= 15 is 0 Å². The van der Waals surface area contributed by atoms with E-state index in [1.54, 1.807) is 0 Å². The zero-order valence-corrected chi connectivity index (χ0v) is 46.3. The Labute approximate surface area is 429 Å². The van der Waals surface area contributed by atoms with Gasteiger partial charge in [-0.3, -0.25) is 14.4 Å². The van der Waals surface area contributed by atoms with Gasteiger partial charge in [-0.15, -0.1) is 0 Å². The molecule has 1 unspecified atom stereocenters. The first-order chi connectivity index (χ1) is 34.0. The van der Waals surface area contributed by atoms with Gasteiger partial charge in [0.25, 0.3) is 0 Å². The molecule has 0 aliphatic rings. The minimum absolute atomic E-state index is 0.0712. The van der Waals surface area contributed by atoms with Gasteiger partial charge < -0.3 is 14.2 Å². The van der Waals surface area contributed by atoms with E-state index < -0.39 is 6.10 Å². The summed E-state index contributed by atoms with van der Waals surface area (Å²) in [4.78, 5) is 38.2. The van der Waals surface area contributed by atoms with E-state index in [-0.39, 0.29) is 31.1 Å². The Bertz CT molecular complexity index is 1160. The number of esters is 3. The summed E-state index contributed by atoms with van der Waals surface area (Å²) in [6, 6.07) is 0. The van der Waals surface area contributed by atoms with Gasteiger partial charge in [-0.1, -0.05) is 269 Å². The van der Waals surface area contributed by atoms with Gasteiger partial charge in [0.1, 0.15) is 13.2 Å². The number of unbranched alkanes of at least 4 members (excludes halogenated alkanes) is 39. The Balaban J connectivity index is 4.32. The molecule has 0 aromatic rings. The first kappa shape index (κ1) is 66.6. The second-order valence-corrected chi connectivity index (χ2v) is 20.6. The fraction of sp³-hybridized carbons (Fsp3) is 0.857. The summed E-state index contributed by atoms with van der Waals surface area (Å²) in [6.45, 7) is 6.66. The fourth-order valence-electron chi connectivity index (χ4n) is 9.00. The van der Waals surface area contributed by atoms with Crippen molar-refractivity contribution in [3.05, 3.63) is 36.5 Å². The Morgan fingerprint density at radius 2 is 0.522 bits per heavy atom. The number of rotatable bonds is 56. The van der Waals surface area contributed by atoms with Crippen LogP contribution in [0.2, 0.25) is 0 Å². The average Bonchev–Trinajstić information content (AvgIpc) is 3.35. The van der Waals surface area contributed by atoms with Gasteiger partial charge in [0.05, 0.1) is 0 Å². The molecule has 69 heavy (non-hydrogen) atoms. The van der Waals surface area contributed by atoms with Crippen molar-refractivity contribution >= 4 is 17.9 Å². The summed E-state index contributed by atoms with van der Waals surface area (Å²) in [6.07, 6.45) is 69.9. The lowest BCUT2D eigenvalue weighted by Crippen LogP contribution is -2.30. The third-order valence-electron chi connectivity index (χ3n) is 13.6. The van der Waals surface area contributed by atoms with Crippen molar-refractivity contribution in [1.29, 1.82) is 0 Å². The van der Waals surface area contributed by atoms with Crippen molar-refractivity contribution in [2.45, 2.75) is 335 Å². The predicted octanol–water partition coefficient (Wildman–Crippen LogP) is 20.4. The molecule has 1 atom stereocenters. The van der Waals surface area contributed by atoms with E-state index in [0.29, 0.717) is 19.3 Å². The molecule has 0 fully saturated rings. The topological polar surface area (TPSA) is 78.9 Å². The van der Waals surface area contributed by atoms with Crippen LogP contribution in [-0.2, 0) is 28.6 Å². The summed E-state index contributed by atoms with van der Waals surface area (Å²) in [5.41, 5.74) is 0. The molecule has 6 heteroatoms. The quantitative estimate of drug-likeness (QED) is 0.0261. The van der Waals surface area contributed by atoms with Gasteiger partial charge in [-0.2, -0.15) is 0 Å². The highest BCUT2D eigenvalue weighted by atomic mass is 16.6. The number of ether oxygens (including phenoxy) is 3. The number of hydrogen-bond donors (Lipinski definition) is 0. The van der Waals surface area contributed by atoms with Gasteiger partial charge in [0.2, 0.25) is 0 Å². The van der Waals surface area contributed by atoms with Gasteiger partial charge in [-0.05, 0) is 77.0 Å². The van der Waals surface area contributed by atoms with Crippen LogP contribution < -0.4 is 0 Å². The van der Waals surface area contributed by atoms with Crippen molar-refractivity contribution < 1.29 is 28.6 Å². The lowest BCUT2D eigenvalue weighted by Gasteiger charge is -2.18. The number of carbonyl (C=O) groups is 3. The molecule has 404 valence electrons. The molecule has 0 N–H and O–H groups in total. The van der Waals surface area contributed by atoms with Crippen LogP contribution in [0.4, 0.5) is 0 Å². The molecule has 0 aliphatic heterocycles. The van der Waals surface area contributed by atoms with Crippen LogP contribution in [0.1, 0.15) is 329 Å². The van der Waals surface area contributed by atoms with Crippen molar-refractivity contribution in [3.63, 3.8) is 0 Å². The highest BCUT2D eigenvalue weighted by Crippen LogP contribution is 2.16. The third kappa shape index (κ3) is 56.4. The Kier molecular flexibility index (Phi) is 56.2. The van der Waals surface area contributed by atoms with E-state index in [1.807, 2.05) is 0 Å². The Morgan fingerprint density at radius 1 is 0.290 bits per heavy atom. The minimum atomic E-state index is -0.773. The Morgan fingerprint density at radius 3 is 0.812 bits per heavy atom. The second kappa shape index (κ2) is 58.2. The van der Waals surface area contributed by atoms with Crippen molar-refractivity contribution in [2.75, 3.05) is 13.2 Å². The number of allylic oxidation sites excluding steroid dienone is 6. The van der Waals surface area contributed by atoms with Gasteiger partial charge in [0.15, 0.2) is 6.10 Å². The summed E-state index contributed by atoms with van der Waals surface area (Å²) < 4.78 is 16.9. The molecule has 0 amide bonds. The monoisotopic (exact) mass is 969 g/mol. The molecule has 0 saturated heterocycles. The van der Waals surface area contributed by atoms with E-state index in [4.69, 9.17) is 14.2 Å². The van der Waals surface area contributed by atoms with Crippen molar-refractivity contribution in [1.82, 2.24) is 0 Å². The van der Waals surface area contributed by atoms with Crippen LogP contribution in [0.25, 0.3) is 0 Å². The normalized spacial score (nSPS) is 12.2. The van der Waals surface area contributed by atoms with Crippen LogP contribution in [0.15, 0.2) is 36.5 Å². The maximum atomic E-state index is 12.9. The minimum Gasteiger partial charge on any atom is -0.462 e. The summed E-state index contributed by atoms with van der Waals surface area (Å²) in [7, 11) is 0. The predicted molar refractivity (Wildman–Crippen MR) is 298 cm³/mol. The summed E-state index contributed by atoms with van der Waals surface area (Å²) in [5, 5.41) is 0. The van der Waals surface area contributed by atoms with Crippen LogP contribution in [0.5, 0.6) is 0 Å². The molecule has 0 aromatic carbocycles. The smallest absolute Gasteiger partial charge is 0.306 e. The van der Waals surface area contributed by atoms with Crippen LogP contribution in [0, 0.1) is 0 Å². The van der Waals surface area contributed by atoms with Crippen molar-refractivity contribution in [2.24, 2.45) is 0 Å². The molecule has 0 aliphatic carbocycles. The molecule has 0 heterocycles. The van der Waals surface area contributed by atoms with Crippen LogP contribution in [-0.4, -0.2) is 37.2 Å². The van der Waals surface area contributed by atoms with Gasteiger partial charge in [-0.25, -0.2) is 0 Å². The Hall–Kier alpha value is -2.37. The zero-order valence-electron chi connectivity index (χ0n) is 46.3. The van der Waals surface area contributed by atoms with Gasteiger partial charge in [0, 0.05) is 19.3 Å². The van der Waals surface area contributed by atoms with Gasteiger partial charge >= 0.3 is 17.9 Å². The molecular formula is C63H116O6. The molecule has 6 nitrogen and oxygen atoms in total.